The largest absolute Gasteiger partial charge is 0.507 e. The number of nitro benzene ring substituents is 1. The number of rotatable bonds is 5. The third kappa shape index (κ3) is 4.05. The maximum atomic E-state index is 13.2. The summed E-state index contributed by atoms with van der Waals surface area (Å²) in [5, 5.41) is 22.4. The van der Waals surface area contributed by atoms with Crippen molar-refractivity contribution in [1.29, 1.82) is 0 Å². The first kappa shape index (κ1) is 22.1. The van der Waals surface area contributed by atoms with E-state index in [0.29, 0.717) is 30.3 Å². The molecule has 2 aliphatic heterocycles. The fraction of sp³-hybridized carbons (Fsp3) is 0.160. The monoisotopic (exact) mass is 473 g/mol. The Hall–Kier alpha value is -4.73. The summed E-state index contributed by atoms with van der Waals surface area (Å²) >= 11 is 0. The van der Waals surface area contributed by atoms with Crippen molar-refractivity contribution in [2.75, 3.05) is 13.2 Å². The maximum Gasteiger partial charge on any atom is 0.295 e. The average Bonchev–Trinajstić information content (AvgIpc) is 3.13. The lowest BCUT2D eigenvalue weighted by atomic mass is 9.95. The topological polar surface area (TPSA) is 132 Å². The van der Waals surface area contributed by atoms with E-state index in [1.165, 1.54) is 29.2 Å². The van der Waals surface area contributed by atoms with Gasteiger partial charge in [0.25, 0.3) is 17.4 Å². The minimum atomic E-state index is -0.961. The van der Waals surface area contributed by atoms with Gasteiger partial charge in [0.05, 0.1) is 16.5 Å². The Labute approximate surface area is 199 Å². The van der Waals surface area contributed by atoms with Gasteiger partial charge in [0, 0.05) is 36.6 Å². The van der Waals surface area contributed by atoms with Gasteiger partial charge in [-0.05, 0) is 53.6 Å². The van der Waals surface area contributed by atoms with Gasteiger partial charge in [-0.1, -0.05) is 0 Å². The third-order valence-corrected chi connectivity index (χ3v) is 5.88. The number of aliphatic hydroxyl groups excluding tert-OH is 1. The minimum Gasteiger partial charge on any atom is -0.507 e. The molecule has 0 spiro atoms. The molecule has 1 N–H and O–H groups in total. The predicted molar refractivity (Wildman–Crippen MR) is 123 cm³/mol. The van der Waals surface area contributed by atoms with E-state index in [4.69, 9.17) is 9.47 Å². The lowest BCUT2D eigenvalue weighted by molar-refractivity contribution is -0.384. The number of carbonyl (C=O) groups excluding carboxylic acids is 2. The maximum absolute atomic E-state index is 13.2. The highest BCUT2D eigenvalue weighted by molar-refractivity contribution is 6.46. The van der Waals surface area contributed by atoms with E-state index in [-0.39, 0.29) is 29.1 Å². The Kier molecular flexibility index (Phi) is 5.61. The Balaban J connectivity index is 1.63. The van der Waals surface area contributed by atoms with Gasteiger partial charge in [-0.3, -0.25) is 24.7 Å². The molecule has 5 rings (SSSR count). The van der Waals surface area contributed by atoms with Crippen LogP contribution >= 0.6 is 0 Å². The second-order valence-corrected chi connectivity index (χ2v) is 7.99. The SMILES string of the molecule is O=C1C(=O)N(Cc2ccncc2)C(c2ccc([N+](=O)[O-])cc2)/C1=C(\O)c1ccc2c(c1)OCCO2. The molecule has 0 radical (unpaired) electrons. The average molecular weight is 473 g/mol. The number of pyridine rings is 1. The van der Waals surface area contributed by atoms with Gasteiger partial charge in [-0.15, -0.1) is 0 Å². The zero-order valence-corrected chi connectivity index (χ0v) is 18.3. The van der Waals surface area contributed by atoms with Gasteiger partial charge in [-0.2, -0.15) is 0 Å². The number of ketones is 1. The van der Waals surface area contributed by atoms with Gasteiger partial charge < -0.3 is 19.5 Å². The van der Waals surface area contributed by atoms with Crippen molar-refractivity contribution in [3.05, 3.63) is 99.4 Å². The quantitative estimate of drug-likeness (QED) is 0.196. The molecule has 3 aromatic rings. The van der Waals surface area contributed by atoms with E-state index >= 15 is 0 Å². The molecule has 1 amide bonds. The molecule has 10 heteroatoms. The molecule has 1 unspecified atom stereocenters. The summed E-state index contributed by atoms with van der Waals surface area (Å²) in [6.07, 6.45) is 3.14. The van der Waals surface area contributed by atoms with E-state index in [0.717, 1.165) is 5.56 Å². The second kappa shape index (κ2) is 8.90. The molecule has 0 aliphatic carbocycles. The molecule has 1 saturated heterocycles. The Morgan fingerprint density at radius 2 is 1.71 bits per heavy atom. The highest BCUT2D eigenvalue weighted by atomic mass is 16.6. The molecule has 1 fully saturated rings. The summed E-state index contributed by atoms with van der Waals surface area (Å²) in [5.41, 5.74) is 1.21. The van der Waals surface area contributed by atoms with Gasteiger partial charge in [-0.25, -0.2) is 0 Å². The normalized spacial score (nSPS) is 18.5. The van der Waals surface area contributed by atoms with Crippen molar-refractivity contribution in [1.82, 2.24) is 9.88 Å². The first-order valence-electron chi connectivity index (χ1n) is 10.8. The molecule has 35 heavy (non-hydrogen) atoms. The van der Waals surface area contributed by atoms with Crippen LogP contribution in [0.2, 0.25) is 0 Å². The van der Waals surface area contributed by atoms with E-state index < -0.39 is 22.7 Å². The number of non-ortho nitro benzene ring substituents is 1. The van der Waals surface area contributed by atoms with Crippen LogP contribution in [0.25, 0.3) is 5.76 Å². The first-order chi connectivity index (χ1) is 16.9. The lowest BCUT2D eigenvalue weighted by Gasteiger charge is -2.25. The van der Waals surface area contributed by atoms with E-state index in [2.05, 4.69) is 4.98 Å². The number of benzene rings is 2. The van der Waals surface area contributed by atoms with E-state index in [9.17, 15) is 24.8 Å². The number of amides is 1. The number of nitrogens with zero attached hydrogens (tertiary/aromatic N) is 3. The van der Waals surface area contributed by atoms with Crippen LogP contribution in [0.5, 0.6) is 11.5 Å². The van der Waals surface area contributed by atoms with Crippen LogP contribution in [0, 0.1) is 10.1 Å². The van der Waals surface area contributed by atoms with Crippen molar-refractivity contribution in [2.45, 2.75) is 12.6 Å². The van der Waals surface area contributed by atoms with Crippen molar-refractivity contribution in [3.8, 4) is 11.5 Å². The summed E-state index contributed by atoms with van der Waals surface area (Å²) in [6, 6.07) is 12.8. The number of Topliss-reactive ketones (excluding diaryl/α,β-unsaturated/α-hetero) is 1. The summed E-state index contributed by atoms with van der Waals surface area (Å²) in [6.45, 7) is 0.821. The summed E-state index contributed by atoms with van der Waals surface area (Å²) in [7, 11) is 0. The standard InChI is InChI=1S/C25H19N3O7/c29-23(17-3-6-19-20(13-17)35-12-11-34-19)21-22(16-1-4-18(5-2-16)28(32)33)27(25(31)24(21)30)14-15-7-9-26-10-8-15/h1-10,13,22,29H,11-12,14H2/b23-21+. The van der Waals surface area contributed by atoms with Crippen molar-refractivity contribution >= 4 is 23.1 Å². The number of aliphatic hydroxyl groups is 1. The summed E-state index contributed by atoms with van der Waals surface area (Å²) in [5.74, 6) is -1.09. The van der Waals surface area contributed by atoms with Gasteiger partial charge in [0.1, 0.15) is 19.0 Å². The highest BCUT2D eigenvalue weighted by Gasteiger charge is 2.46. The number of nitro groups is 1. The van der Waals surface area contributed by atoms with Crippen molar-refractivity contribution in [3.63, 3.8) is 0 Å². The fourth-order valence-corrected chi connectivity index (χ4v) is 4.20. The van der Waals surface area contributed by atoms with Crippen LogP contribution in [-0.2, 0) is 16.1 Å². The molecule has 10 nitrogen and oxygen atoms in total. The number of hydrogen-bond acceptors (Lipinski definition) is 8. The molecule has 1 atom stereocenters. The van der Waals surface area contributed by atoms with Gasteiger partial charge >= 0.3 is 0 Å². The molecule has 1 aromatic heterocycles. The number of hydrogen-bond donors (Lipinski definition) is 1. The number of carbonyl (C=O) groups is 2. The Bertz CT molecular complexity index is 1350. The number of ether oxygens (including phenoxy) is 2. The number of fused-ring (bicyclic) bond motifs is 1. The molecule has 0 bridgehead atoms. The predicted octanol–water partition coefficient (Wildman–Crippen LogP) is 3.38. The summed E-state index contributed by atoms with van der Waals surface area (Å²) in [4.78, 5) is 42.2. The van der Waals surface area contributed by atoms with E-state index in [1.54, 1.807) is 42.7 Å². The molecule has 3 heterocycles. The molecule has 0 saturated carbocycles. The number of aromatic nitrogens is 1. The summed E-state index contributed by atoms with van der Waals surface area (Å²) < 4.78 is 11.1. The van der Waals surface area contributed by atoms with Gasteiger partial charge in [0.15, 0.2) is 11.5 Å². The molecular weight excluding hydrogens is 454 g/mol. The van der Waals surface area contributed by atoms with Crippen LogP contribution in [-0.4, -0.2) is 44.8 Å². The third-order valence-electron chi connectivity index (χ3n) is 5.88. The Morgan fingerprint density at radius 3 is 2.40 bits per heavy atom. The van der Waals surface area contributed by atoms with Crippen molar-refractivity contribution < 1.29 is 29.1 Å². The fourth-order valence-electron chi connectivity index (χ4n) is 4.20. The van der Waals surface area contributed by atoms with Crippen LogP contribution in [0.1, 0.15) is 22.7 Å². The molecule has 2 aliphatic rings. The van der Waals surface area contributed by atoms with Gasteiger partial charge in [0.2, 0.25) is 0 Å². The second-order valence-electron chi connectivity index (χ2n) is 7.99. The minimum absolute atomic E-state index is 0.0761. The van der Waals surface area contributed by atoms with Crippen molar-refractivity contribution in [2.24, 2.45) is 0 Å². The zero-order chi connectivity index (χ0) is 24.5. The highest BCUT2D eigenvalue weighted by Crippen LogP contribution is 2.42. The molecule has 176 valence electrons. The smallest absolute Gasteiger partial charge is 0.295 e. The Morgan fingerprint density at radius 1 is 1.03 bits per heavy atom. The van der Waals surface area contributed by atoms with Crippen LogP contribution in [0.15, 0.2) is 72.6 Å². The molecular formula is C25H19N3O7. The lowest BCUT2D eigenvalue weighted by Crippen LogP contribution is -2.29. The number of likely N-dealkylation sites (tertiary alicyclic amines) is 1. The van der Waals surface area contributed by atoms with Crippen LogP contribution in [0.3, 0.4) is 0 Å². The zero-order valence-electron chi connectivity index (χ0n) is 18.3. The van der Waals surface area contributed by atoms with E-state index in [1.807, 2.05) is 0 Å². The van der Waals surface area contributed by atoms with Crippen LogP contribution in [0.4, 0.5) is 5.69 Å². The molecule has 2 aromatic carbocycles. The first-order valence-corrected chi connectivity index (χ1v) is 10.8. The van der Waals surface area contributed by atoms with Crippen LogP contribution < -0.4 is 9.47 Å².